The molecule has 1 saturated heterocycles. The molecule has 0 radical (unpaired) electrons. The molecule has 2 aromatic heterocycles. The second-order valence-corrected chi connectivity index (χ2v) is 9.78. The number of benzene rings is 1. The summed E-state index contributed by atoms with van der Waals surface area (Å²) >= 11 is 0. The van der Waals surface area contributed by atoms with E-state index < -0.39 is 10.0 Å². The molecule has 0 atom stereocenters. The first-order valence-electron chi connectivity index (χ1n) is 11.1. The Morgan fingerprint density at radius 1 is 1.21 bits per heavy atom. The van der Waals surface area contributed by atoms with Crippen LogP contribution in [-0.2, 0) is 14.8 Å². The smallest absolute Gasteiger partial charge is 0.248 e. The number of nitrogens with one attached hydrogen (secondary N) is 1. The maximum Gasteiger partial charge on any atom is 0.248 e. The van der Waals surface area contributed by atoms with Crippen LogP contribution in [-0.4, -0.2) is 43.5 Å². The van der Waals surface area contributed by atoms with Crippen LogP contribution >= 0.6 is 0 Å². The van der Waals surface area contributed by atoms with Crippen LogP contribution in [0.3, 0.4) is 0 Å². The Morgan fingerprint density at radius 3 is 2.68 bits per heavy atom. The highest BCUT2D eigenvalue weighted by Gasteiger charge is 2.36. The van der Waals surface area contributed by atoms with Crippen LogP contribution in [0.1, 0.15) is 37.0 Å². The molecular weight excluding hydrogens is 458 g/mol. The number of para-hydroxylation sites is 2. The van der Waals surface area contributed by atoms with Gasteiger partial charge in [0.15, 0.2) is 10.7 Å². The second-order valence-electron chi connectivity index (χ2n) is 7.91. The normalized spacial score (nSPS) is 15.6. The number of aryl methyl sites for hydroxylation is 1. The highest BCUT2D eigenvalue weighted by Crippen LogP contribution is 2.30. The van der Waals surface area contributed by atoms with Crippen LogP contribution in [0.2, 0.25) is 0 Å². The minimum absolute atomic E-state index is 0.0313. The van der Waals surface area contributed by atoms with E-state index >= 15 is 0 Å². The summed E-state index contributed by atoms with van der Waals surface area (Å²) in [4.78, 5) is 12.9. The molecular formula is C24H27N3O6S. The molecule has 34 heavy (non-hydrogen) atoms. The molecule has 1 amide bonds. The van der Waals surface area contributed by atoms with Crippen LogP contribution in [0.5, 0.6) is 5.75 Å². The number of sulfonamides is 1. The number of anilines is 1. The monoisotopic (exact) mass is 485 g/mol. The lowest BCUT2D eigenvalue weighted by atomic mass is 9.97. The Morgan fingerprint density at radius 2 is 1.97 bits per heavy atom. The fraction of sp³-hybridized carbons (Fsp3) is 0.333. The van der Waals surface area contributed by atoms with Crippen molar-refractivity contribution in [2.24, 2.45) is 5.92 Å². The number of carbonyl (C=O) groups is 1. The van der Waals surface area contributed by atoms with Gasteiger partial charge in [0.1, 0.15) is 17.2 Å². The maximum atomic E-state index is 13.4. The van der Waals surface area contributed by atoms with Gasteiger partial charge in [0.25, 0.3) is 0 Å². The highest BCUT2D eigenvalue weighted by molar-refractivity contribution is 7.89. The first-order chi connectivity index (χ1) is 16.4. The zero-order valence-electron chi connectivity index (χ0n) is 19.1. The summed E-state index contributed by atoms with van der Waals surface area (Å²) in [7, 11) is -3.85. The predicted octanol–water partition coefficient (Wildman–Crippen LogP) is 4.18. The summed E-state index contributed by atoms with van der Waals surface area (Å²) in [6.45, 7) is 4.41. The van der Waals surface area contributed by atoms with Gasteiger partial charge < -0.3 is 19.0 Å². The number of rotatable bonds is 8. The van der Waals surface area contributed by atoms with Crippen molar-refractivity contribution < 1.29 is 26.9 Å². The number of nitrogens with zero attached hydrogens (tertiary/aromatic N) is 2. The molecule has 0 aliphatic carbocycles. The zero-order chi connectivity index (χ0) is 24.1. The largest absolute Gasteiger partial charge is 0.492 e. The number of carbonyl (C=O) groups excluding carboxylic acids is 1. The topological polar surface area (TPSA) is 115 Å². The van der Waals surface area contributed by atoms with E-state index in [-0.39, 0.29) is 41.3 Å². The molecule has 1 N–H and O–H groups in total. The van der Waals surface area contributed by atoms with Crippen LogP contribution in [0.15, 0.2) is 56.5 Å². The Balaban J connectivity index is 1.43. The van der Waals surface area contributed by atoms with E-state index in [1.165, 1.54) is 16.6 Å². The Bertz CT molecular complexity index is 1260. The van der Waals surface area contributed by atoms with Gasteiger partial charge in [-0.3, -0.25) is 4.79 Å². The SMILES string of the molecule is CCOc1ccccc1NC(=O)C1CCN(S(=O)(=O)c2c(C)noc2C=Cc2ccco2)CC1. The first-order valence-corrected chi connectivity index (χ1v) is 12.5. The second kappa shape index (κ2) is 10.3. The van der Waals surface area contributed by atoms with Crippen LogP contribution in [0.4, 0.5) is 5.69 Å². The number of ether oxygens (including phenoxy) is 1. The van der Waals surface area contributed by atoms with Crippen molar-refractivity contribution in [1.82, 2.24) is 9.46 Å². The molecule has 1 fully saturated rings. The summed E-state index contributed by atoms with van der Waals surface area (Å²) in [6, 6.07) is 10.7. The zero-order valence-corrected chi connectivity index (χ0v) is 19.9. The van der Waals surface area contributed by atoms with Crippen molar-refractivity contribution in [3.8, 4) is 5.75 Å². The van der Waals surface area contributed by atoms with Gasteiger partial charge in [0, 0.05) is 19.0 Å². The molecule has 0 saturated carbocycles. The molecule has 1 aliphatic rings. The molecule has 3 aromatic rings. The molecule has 0 unspecified atom stereocenters. The van der Waals surface area contributed by atoms with E-state index in [0.717, 1.165) is 0 Å². The standard InChI is InChI=1S/C24H27N3O6S/c1-3-31-21-9-5-4-8-20(21)25-24(28)18-12-14-27(15-13-18)34(29,30)23-17(2)26-33-22(23)11-10-19-7-6-16-32-19/h4-11,16,18H,3,12-15H2,1-2H3,(H,25,28). The number of piperidine rings is 1. The molecule has 1 aliphatic heterocycles. The number of furan rings is 1. The molecule has 1 aromatic carbocycles. The fourth-order valence-corrected chi connectivity index (χ4v) is 5.64. The molecule has 3 heterocycles. The number of hydrogen-bond acceptors (Lipinski definition) is 7. The van der Waals surface area contributed by atoms with Crippen molar-refractivity contribution in [2.45, 2.75) is 31.6 Å². The average molecular weight is 486 g/mol. The van der Waals surface area contributed by atoms with E-state index in [2.05, 4.69) is 10.5 Å². The van der Waals surface area contributed by atoms with Gasteiger partial charge >= 0.3 is 0 Å². The lowest BCUT2D eigenvalue weighted by molar-refractivity contribution is -0.120. The molecule has 4 rings (SSSR count). The lowest BCUT2D eigenvalue weighted by Crippen LogP contribution is -2.41. The van der Waals surface area contributed by atoms with Crippen molar-refractivity contribution in [1.29, 1.82) is 0 Å². The van der Waals surface area contributed by atoms with Crippen LogP contribution in [0.25, 0.3) is 12.2 Å². The van der Waals surface area contributed by atoms with Gasteiger partial charge in [-0.15, -0.1) is 0 Å². The molecule has 0 bridgehead atoms. The fourth-order valence-electron chi connectivity index (χ4n) is 3.92. The summed E-state index contributed by atoms with van der Waals surface area (Å²) in [5.41, 5.74) is 0.893. The van der Waals surface area contributed by atoms with E-state index in [1.807, 2.05) is 19.1 Å². The van der Waals surface area contributed by atoms with E-state index in [4.69, 9.17) is 13.7 Å². The summed E-state index contributed by atoms with van der Waals surface area (Å²) in [6.07, 6.45) is 5.49. The third-order valence-electron chi connectivity index (χ3n) is 5.64. The molecule has 0 spiro atoms. The third kappa shape index (κ3) is 5.07. The minimum Gasteiger partial charge on any atom is -0.492 e. The highest BCUT2D eigenvalue weighted by atomic mass is 32.2. The Hall–Kier alpha value is -3.37. The maximum absolute atomic E-state index is 13.4. The number of aromatic nitrogens is 1. The molecule has 180 valence electrons. The van der Waals surface area contributed by atoms with E-state index in [0.29, 0.717) is 36.6 Å². The minimum atomic E-state index is -3.85. The van der Waals surface area contributed by atoms with Crippen molar-refractivity contribution in [3.05, 3.63) is 59.9 Å². The predicted molar refractivity (Wildman–Crippen MR) is 127 cm³/mol. The van der Waals surface area contributed by atoms with Gasteiger partial charge in [0.05, 0.1) is 18.6 Å². The Labute approximate surface area is 198 Å². The van der Waals surface area contributed by atoms with Gasteiger partial charge in [0.2, 0.25) is 15.9 Å². The van der Waals surface area contributed by atoms with Gasteiger partial charge in [-0.1, -0.05) is 17.3 Å². The van der Waals surface area contributed by atoms with Crippen molar-refractivity contribution in [2.75, 3.05) is 25.0 Å². The lowest BCUT2D eigenvalue weighted by Gasteiger charge is -2.30. The summed E-state index contributed by atoms with van der Waals surface area (Å²) in [5, 5.41) is 6.77. The van der Waals surface area contributed by atoms with Crippen LogP contribution < -0.4 is 10.1 Å². The number of amides is 1. The van der Waals surface area contributed by atoms with Gasteiger partial charge in [-0.25, -0.2) is 8.42 Å². The molecule has 9 nitrogen and oxygen atoms in total. The van der Waals surface area contributed by atoms with E-state index in [9.17, 15) is 13.2 Å². The van der Waals surface area contributed by atoms with Crippen LogP contribution in [0, 0.1) is 12.8 Å². The number of hydrogen-bond donors (Lipinski definition) is 1. The third-order valence-corrected chi connectivity index (χ3v) is 7.70. The van der Waals surface area contributed by atoms with Gasteiger partial charge in [-0.05, 0) is 63.1 Å². The quantitative estimate of drug-likeness (QED) is 0.509. The average Bonchev–Trinajstić information content (AvgIpc) is 3.49. The summed E-state index contributed by atoms with van der Waals surface area (Å²) in [5.74, 6) is 0.864. The summed E-state index contributed by atoms with van der Waals surface area (Å²) < 4.78 is 44.2. The van der Waals surface area contributed by atoms with Crippen molar-refractivity contribution >= 4 is 33.8 Å². The molecule has 10 heteroatoms. The Kier molecular flexibility index (Phi) is 7.18. The van der Waals surface area contributed by atoms with Gasteiger partial charge in [-0.2, -0.15) is 4.31 Å². The first kappa shape index (κ1) is 23.8. The van der Waals surface area contributed by atoms with E-state index in [1.54, 1.807) is 37.3 Å². The van der Waals surface area contributed by atoms with Crippen molar-refractivity contribution in [3.63, 3.8) is 0 Å².